The molecule has 1 fully saturated rings. The maximum absolute atomic E-state index is 11.6. The Morgan fingerprint density at radius 3 is 2.76 bits per heavy atom. The van der Waals surface area contributed by atoms with E-state index in [1.165, 1.54) is 17.2 Å². The maximum Gasteiger partial charge on any atom is 0.358 e. The van der Waals surface area contributed by atoms with Crippen LogP contribution in [0.2, 0.25) is 0 Å². The third-order valence-corrected chi connectivity index (χ3v) is 5.26. The molecule has 3 rings (SSSR count). The number of rotatable bonds is 3. The highest BCUT2D eigenvalue weighted by Gasteiger charge is 2.34. The second-order valence-corrected chi connectivity index (χ2v) is 7.21. The van der Waals surface area contributed by atoms with Gasteiger partial charge < -0.3 is 9.67 Å². The van der Waals surface area contributed by atoms with E-state index in [2.05, 4.69) is 15.3 Å². The lowest BCUT2D eigenvalue weighted by Crippen LogP contribution is -2.15. The fourth-order valence-electron chi connectivity index (χ4n) is 2.49. The van der Waals surface area contributed by atoms with Crippen LogP contribution in [0, 0.1) is 0 Å². The first kappa shape index (κ1) is 13.7. The Morgan fingerprint density at radius 1 is 1.48 bits per heavy atom. The van der Waals surface area contributed by atoms with Gasteiger partial charge in [0.05, 0.1) is 35.8 Å². The van der Waals surface area contributed by atoms with Crippen molar-refractivity contribution in [3.63, 3.8) is 0 Å². The minimum absolute atomic E-state index is 0.0553. The van der Waals surface area contributed by atoms with E-state index in [1.54, 1.807) is 11.6 Å². The SMILES string of the molecule is Cn1cncc1-c1c(C(=O)O)nnn1C1CCS(=O)(=O)C1. The lowest BCUT2D eigenvalue weighted by atomic mass is 10.2. The second kappa shape index (κ2) is 4.65. The van der Waals surface area contributed by atoms with Gasteiger partial charge in [-0.15, -0.1) is 5.10 Å². The van der Waals surface area contributed by atoms with Crippen LogP contribution >= 0.6 is 0 Å². The zero-order chi connectivity index (χ0) is 15.2. The quantitative estimate of drug-likeness (QED) is 0.828. The van der Waals surface area contributed by atoms with Gasteiger partial charge in [-0.1, -0.05) is 5.21 Å². The van der Waals surface area contributed by atoms with Gasteiger partial charge in [0.25, 0.3) is 0 Å². The summed E-state index contributed by atoms with van der Waals surface area (Å²) in [5, 5.41) is 16.8. The molecule has 0 amide bonds. The average Bonchev–Trinajstić information content (AvgIpc) is 3.06. The summed E-state index contributed by atoms with van der Waals surface area (Å²) in [6.45, 7) is 0. The first-order valence-electron chi connectivity index (χ1n) is 6.24. The summed E-state index contributed by atoms with van der Waals surface area (Å²) in [6, 6.07) is -0.402. The van der Waals surface area contributed by atoms with Crippen LogP contribution in [-0.4, -0.2) is 55.5 Å². The number of aromatic nitrogens is 5. The number of carboxylic acids is 1. The summed E-state index contributed by atoms with van der Waals surface area (Å²) in [4.78, 5) is 15.3. The lowest BCUT2D eigenvalue weighted by molar-refractivity contribution is 0.0691. The fourth-order valence-corrected chi connectivity index (χ4v) is 4.18. The van der Waals surface area contributed by atoms with Crippen molar-refractivity contribution in [1.82, 2.24) is 24.5 Å². The highest BCUT2D eigenvalue weighted by Crippen LogP contribution is 2.30. The number of aryl methyl sites for hydroxylation is 1. The van der Waals surface area contributed by atoms with Gasteiger partial charge in [0.15, 0.2) is 15.5 Å². The predicted molar refractivity (Wildman–Crippen MR) is 71.5 cm³/mol. The van der Waals surface area contributed by atoms with E-state index in [1.807, 2.05) is 0 Å². The number of carbonyl (C=O) groups is 1. The molecular weight excluding hydrogens is 298 g/mol. The van der Waals surface area contributed by atoms with E-state index in [9.17, 15) is 18.3 Å². The monoisotopic (exact) mass is 311 g/mol. The van der Waals surface area contributed by atoms with Crippen LogP contribution in [0.3, 0.4) is 0 Å². The Bertz CT molecular complexity index is 806. The Balaban J connectivity index is 2.15. The molecule has 0 aliphatic carbocycles. The average molecular weight is 311 g/mol. The van der Waals surface area contributed by atoms with Gasteiger partial charge in [-0.3, -0.25) is 0 Å². The van der Waals surface area contributed by atoms with Crippen LogP contribution in [0.1, 0.15) is 23.0 Å². The van der Waals surface area contributed by atoms with Crippen molar-refractivity contribution in [2.24, 2.45) is 7.05 Å². The highest BCUT2D eigenvalue weighted by atomic mass is 32.2. The Labute approximate surface area is 120 Å². The van der Waals surface area contributed by atoms with Crippen LogP contribution in [0.15, 0.2) is 12.5 Å². The minimum Gasteiger partial charge on any atom is -0.476 e. The van der Waals surface area contributed by atoms with Gasteiger partial charge in [0, 0.05) is 7.05 Å². The second-order valence-electron chi connectivity index (χ2n) is 4.98. The van der Waals surface area contributed by atoms with E-state index in [-0.39, 0.29) is 22.9 Å². The van der Waals surface area contributed by atoms with Gasteiger partial charge in [0.2, 0.25) is 0 Å². The number of hydrogen-bond donors (Lipinski definition) is 1. The zero-order valence-corrected chi connectivity index (χ0v) is 12.0. The van der Waals surface area contributed by atoms with E-state index in [0.29, 0.717) is 12.1 Å². The molecule has 1 unspecified atom stereocenters. The minimum atomic E-state index is -3.11. The van der Waals surface area contributed by atoms with Crippen molar-refractivity contribution in [3.8, 4) is 11.4 Å². The molecule has 0 spiro atoms. The largest absolute Gasteiger partial charge is 0.476 e. The van der Waals surface area contributed by atoms with Crippen molar-refractivity contribution in [2.45, 2.75) is 12.5 Å². The number of carboxylic acid groups (broad SMARTS) is 1. The van der Waals surface area contributed by atoms with Gasteiger partial charge in [-0.2, -0.15) is 0 Å². The van der Waals surface area contributed by atoms with Crippen molar-refractivity contribution in [3.05, 3.63) is 18.2 Å². The van der Waals surface area contributed by atoms with Gasteiger partial charge in [-0.05, 0) is 6.42 Å². The number of sulfone groups is 1. The zero-order valence-electron chi connectivity index (χ0n) is 11.2. The van der Waals surface area contributed by atoms with Gasteiger partial charge in [-0.25, -0.2) is 22.9 Å². The molecule has 1 aliphatic heterocycles. The predicted octanol–water partition coefficient (Wildman–Crippen LogP) is -0.264. The standard InChI is InChI=1S/C11H13N5O4S/c1-15-6-12-4-8(15)10-9(11(17)18)13-14-16(10)7-2-3-21(19,20)5-7/h4,6-7H,2-3,5H2,1H3,(H,17,18). The Morgan fingerprint density at radius 2 is 2.24 bits per heavy atom. The fraction of sp³-hybridized carbons (Fsp3) is 0.455. The summed E-state index contributed by atoms with van der Waals surface area (Å²) in [5.41, 5.74) is 0.606. The molecule has 0 saturated carbocycles. The molecule has 112 valence electrons. The molecule has 1 atom stereocenters. The van der Waals surface area contributed by atoms with Crippen LogP contribution in [-0.2, 0) is 16.9 Å². The third-order valence-electron chi connectivity index (χ3n) is 3.51. The number of imidazole rings is 1. The molecule has 0 radical (unpaired) electrons. The molecule has 0 aromatic carbocycles. The smallest absolute Gasteiger partial charge is 0.358 e. The Hall–Kier alpha value is -2.23. The van der Waals surface area contributed by atoms with Crippen molar-refractivity contribution in [2.75, 3.05) is 11.5 Å². The Kier molecular flexibility index (Phi) is 3.04. The summed E-state index contributed by atoms with van der Waals surface area (Å²) in [7, 11) is -1.39. The molecule has 0 bridgehead atoms. The summed E-state index contributed by atoms with van der Waals surface area (Å²) >= 11 is 0. The summed E-state index contributed by atoms with van der Waals surface area (Å²) in [5.74, 6) is -1.19. The molecule has 21 heavy (non-hydrogen) atoms. The topological polar surface area (TPSA) is 120 Å². The highest BCUT2D eigenvalue weighted by molar-refractivity contribution is 7.91. The van der Waals surface area contributed by atoms with E-state index < -0.39 is 21.8 Å². The molecule has 3 heterocycles. The lowest BCUT2D eigenvalue weighted by Gasteiger charge is -2.12. The third kappa shape index (κ3) is 2.31. The van der Waals surface area contributed by atoms with Crippen molar-refractivity contribution < 1.29 is 18.3 Å². The first-order valence-corrected chi connectivity index (χ1v) is 8.07. The molecule has 2 aromatic rings. The summed E-state index contributed by atoms with van der Waals surface area (Å²) in [6.07, 6.45) is 3.43. The van der Waals surface area contributed by atoms with Crippen molar-refractivity contribution >= 4 is 15.8 Å². The number of nitrogens with zero attached hydrogens (tertiary/aromatic N) is 5. The van der Waals surface area contributed by atoms with E-state index in [0.717, 1.165) is 0 Å². The van der Waals surface area contributed by atoms with Crippen LogP contribution < -0.4 is 0 Å². The van der Waals surface area contributed by atoms with Crippen LogP contribution in [0.25, 0.3) is 11.4 Å². The normalized spacial score (nSPS) is 20.7. The van der Waals surface area contributed by atoms with Gasteiger partial charge in [0.1, 0.15) is 5.69 Å². The van der Waals surface area contributed by atoms with Crippen LogP contribution in [0.5, 0.6) is 0 Å². The van der Waals surface area contributed by atoms with Crippen LogP contribution in [0.4, 0.5) is 0 Å². The molecule has 1 aliphatic rings. The first-order chi connectivity index (χ1) is 9.89. The van der Waals surface area contributed by atoms with E-state index in [4.69, 9.17) is 0 Å². The summed E-state index contributed by atoms with van der Waals surface area (Å²) < 4.78 is 26.3. The molecule has 1 N–H and O–H groups in total. The molecule has 10 heteroatoms. The maximum atomic E-state index is 11.6. The number of hydrogen-bond acceptors (Lipinski definition) is 6. The van der Waals surface area contributed by atoms with E-state index >= 15 is 0 Å². The molecule has 9 nitrogen and oxygen atoms in total. The molecular formula is C11H13N5O4S. The number of aromatic carboxylic acids is 1. The van der Waals surface area contributed by atoms with Gasteiger partial charge >= 0.3 is 5.97 Å². The van der Waals surface area contributed by atoms with Crippen molar-refractivity contribution in [1.29, 1.82) is 0 Å². The molecule has 1 saturated heterocycles. The molecule has 2 aromatic heterocycles.